The van der Waals surface area contributed by atoms with Crippen LogP contribution in [0.15, 0.2) is 16.6 Å². The molecule has 0 spiro atoms. The van der Waals surface area contributed by atoms with Crippen molar-refractivity contribution < 1.29 is 18.7 Å². The van der Waals surface area contributed by atoms with Gasteiger partial charge in [0.05, 0.1) is 6.61 Å². The molecule has 0 aromatic heterocycles. The molecule has 1 aromatic rings. The van der Waals surface area contributed by atoms with Crippen LogP contribution in [-0.2, 0) is 0 Å². The number of carbonyl (C=O) groups is 1. The number of halogens is 3. The van der Waals surface area contributed by atoms with Crippen molar-refractivity contribution in [2.75, 3.05) is 13.2 Å². The lowest BCUT2D eigenvalue weighted by molar-refractivity contribution is 0.0926. The molecule has 6 heteroatoms. The van der Waals surface area contributed by atoms with Crippen molar-refractivity contribution in [3.05, 3.63) is 33.8 Å². The molecule has 2 rings (SSSR count). The van der Waals surface area contributed by atoms with E-state index in [1.54, 1.807) is 0 Å². The van der Waals surface area contributed by atoms with Crippen LogP contribution >= 0.6 is 15.9 Å². The molecule has 0 atom stereocenters. The van der Waals surface area contributed by atoms with Gasteiger partial charge in [0.15, 0.2) is 0 Å². The van der Waals surface area contributed by atoms with Crippen LogP contribution in [0.1, 0.15) is 23.2 Å². The Labute approximate surface area is 111 Å². The van der Waals surface area contributed by atoms with Crippen LogP contribution in [0, 0.1) is 17.0 Å². The minimum Gasteiger partial charge on any atom is -0.396 e. The molecule has 2 N–H and O–H groups in total. The van der Waals surface area contributed by atoms with Crippen LogP contribution in [0.25, 0.3) is 0 Å². The monoisotopic (exact) mass is 319 g/mol. The molecule has 1 fully saturated rings. The van der Waals surface area contributed by atoms with E-state index in [9.17, 15) is 13.6 Å². The minimum atomic E-state index is -0.909. The summed E-state index contributed by atoms with van der Waals surface area (Å²) in [6, 6.07) is 2.08. The van der Waals surface area contributed by atoms with Crippen molar-refractivity contribution in [2.45, 2.75) is 12.8 Å². The van der Waals surface area contributed by atoms with Gasteiger partial charge < -0.3 is 10.4 Å². The van der Waals surface area contributed by atoms with E-state index >= 15 is 0 Å². The van der Waals surface area contributed by atoms with E-state index in [1.165, 1.54) is 0 Å². The molecule has 3 nitrogen and oxygen atoms in total. The number of rotatable bonds is 4. The van der Waals surface area contributed by atoms with Gasteiger partial charge in [0.2, 0.25) is 0 Å². The second-order valence-electron chi connectivity index (χ2n) is 4.59. The highest BCUT2D eigenvalue weighted by atomic mass is 79.9. The number of aliphatic hydroxyl groups is 1. The number of hydrogen-bond donors (Lipinski definition) is 2. The third-order valence-electron chi connectivity index (χ3n) is 3.15. The fourth-order valence-electron chi connectivity index (χ4n) is 1.68. The van der Waals surface area contributed by atoms with E-state index in [0.29, 0.717) is 0 Å². The summed E-state index contributed by atoms with van der Waals surface area (Å²) >= 11 is 2.94. The molecule has 0 heterocycles. The van der Waals surface area contributed by atoms with E-state index in [4.69, 9.17) is 5.11 Å². The zero-order valence-corrected chi connectivity index (χ0v) is 11.1. The first-order valence-electron chi connectivity index (χ1n) is 5.51. The average Bonchev–Trinajstić information content (AvgIpc) is 3.05. The Morgan fingerprint density at radius 2 is 1.94 bits per heavy atom. The quantitative estimate of drug-likeness (QED) is 0.894. The van der Waals surface area contributed by atoms with Crippen LogP contribution in [0.3, 0.4) is 0 Å². The Morgan fingerprint density at radius 1 is 1.39 bits per heavy atom. The SMILES string of the molecule is O=C(NCC1(CO)CC1)c1c(F)cc(Br)cc1F. The van der Waals surface area contributed by atoms with Crippen LogP contribution in [-0.4, -0.2) is 24.2 Å². The molecule has 1 saturated carbocycles. The first-order chi connectivity index (χ1) is 8.47. The van der Waals surface area contributed by atoms with Gasteiger partial charge in [0.25, 0.3) is 5.91 Å². The first-order valence-corrected chi connectivity index (χ1v) is 6.30. The summed E-state index contributed by atoms with van der Waals surface area (Å²) in [5.74, 6) is -2.61. The number of amides is 1. The predicted molar refractivity (Wildman–Crippen MR) is 65.1 cm³/mol. The highest BCUT2D eigenvalue weighted by Gasteiger charge is 2.42. The zero-order valence-electron chi connectivity index (χ0n) is 9.47. The standard InChI is InChI=1S/C12H12BrF2NO2/c13-7-3-8(14)10(9(15)4-7)11(18)16-5-12(6-17)1-2-12/h3-4,17H,1-2,5-6H2,(H,16,18). The summed E-state index contributed by atoms with van der Waals surface area (Å²) in [5, 5.41) is 11.5. The van der Waals surface area contributed by atoms with Gasteiger partial charge in [-0.25, -0.2) is 8.78 Å². The number of hydrogen-bond acceptors (Lipinski definition) is 2. The molecule has 0 saturated heterocycles. The van der Waals surface area contributed by atoms with Crippen molar-refractivity contribution >= 4 is 21.8 Å². The molecule has 98 valence electrons. The van der Waals surface area contributed by atoms with Gasteiger partial charge in [-0.15, -0.1) is 0 Å². The molecular weight excluding hydrogens is 308 g/mol. The summed E-state index contributed by atoms with van der Waals surface area (Å²) in [5.41, 5.74) is -0.884. The summed E-state index contributed by atoms with van der Waals surface area (Å²) in [4.78, 5) is 11.7. The molecule has 18 heavy (non-hydrogen) atoms. The normalized spacial score (nSPS) is 16.4. The van der Waals surface area contributed by atoms with Crippen LogP contribution in [0.4, 0.5) is 8.78 Å². The van der Waals surface area contributed by atoms with E-state index in [2.05, 4.69) is 21.2 Å². The highest BCUT2D eigenvalue weighted by Crippen LogP contribution is 2.44. The Bertz CT molecular complexity index is 466. The maximum atomic E-state index is 13.5. The van der Waals surface area contributed by atoms with Gasteiger partial charge in [-0.05, 0) is 25.0 Å². The molecule has 1 aromatic carbocycles. The van der Waals surface area contributed by atoms with Crippen LogP contribution in [0.5, 0.6) is 0 Å². The van der Waals surface area contributed by atoms with Crippen molar-refractivity contribution in [3.63, 3.8) is 0 Å². The largest absolute Gasteiger partial charge is 0.396 e. The van der Waals surface area contributed by atoms with Gasteiger partial charge in [0.1, 0.15) is 17.2 Å². The van der Waals surface area contributed by atoms with Crippen molar-refractivity contribution in [1.29, 1.82) is 0 Å². The van der Waals surface area contributed by atoms with E-state index in [1.807, 2.05) is 0 Å². The Kier molecular flexibility index (Phi) is 3.68. The zero-order chi connectivity index (χ0) is 13.3. The van der Waals surface area contributed by atoms with Crippen molar-refractivity contribution in [1.82, 2.24) is 5.32 Å². The third-order valence-corrected chi connectivity index (χ3v) is 3.61. The lowest BCUT2D eigenvalue weighted by Gasteiger charge is -2.13. The third kappa shape index (κ3) is 2.70. The molecular formula is C12H12BrF2NO2. The molecule has 0 radical (unpaired) electrons. The number of benzene rings is 1. The van der Waals surface area contributed by atoms with Gasteiger partial charge in [-0.1, -0.05) is 15.9 Å². The predicted octanol–water partition coefficient (Wildman–Crippen LogP) is 2.23. The summed E-state index contributed by atoms with van der Waals surface area (Å²) in [6.07, 6.45) is 1.63. The summed E-state index contributed by atoms with van der Waals surface area (Å²) < 4.78 is 27.2. The van der Waals surface area contributed by atoms with Gasteiger partial charge in [-0.3, -0.25) is 4.79 Å². The lowest BCUT2D eigenvalue weighted by Crippen LogP contribution is -2.33. The summed E-state index contributed by atoms with van der Waals surface area (Å²) in [6.45, 7) is 0.204. The smallest absolute Gasteiger partial charge is 0.257 e. The second-order valence-corrected chi connectivity index (χ2v) is 5.50. The van der Waals surface area contributed by atoms with Gasteiger partial charge >= 0.3 is 0 Å². The van der Waals surface area contributed by atoms with Crippen molar-refractivity contribution in [2.24, 2.45) is 5.41 Å². The molecule has 0 aliphatic heterocycles. The fraction of sp³-hybridized carbons (Fsp3) is 0.417. The number of carbonyl (C=O) groups excluding carboxylic acids is 1. The van der Waals surface area contributed by atoms with E-state index in [-0.39, 0.29) is 23.0 Å². The van der Waals surface area contributed by atoms with Crippen molar-refractivity contribution in [3.8, 4) is 0 Å². The van der Waals surface area contributed by atoms with E-state index in [0.717, 1.165) is 25.0 Å². The fourth-order valence-corrected chi connectivity index (χ4v) is 2.08. The Hall–Kier alpha value is -1.01. The van der Waals surface area contributed by atoms with Crippen LogP contribution < -0.4 is 5.32 Å². The highest BCUT2D eigenvalue weighted by molar-refractivity contribution is 9.10. The van der Waals surface area contributed by atoms with Gasteiger partial charge in [-0.2, -0.15) is 0 Å². The first kappa shape index (κ1) is 13.4. The van der Waals surface area contributed by atoms with E-state index < -0.39 is 23.1 Å². The lowest BCUT2D eigenvalue weighted by atomic mass is 10.1. The topological polar surface area (TPSA) is 49.3 Å². The molecule has 1 aliphatic carbocycles. The Morgan fingerprint density at radius 3 is 2.39 bits per heavy atom. The number of nitrogens with one attached hydrogen (secondary N) is 1. The van der Waals surface area contributed by atoms with Gasteiger partial charge in [0, 0.05) is 16.4 Å². The summed E-state index contributed by atoms with van der Waals surface area (Å²) in [7, 11) is 0. The minimum absolute atomic E-state index is 0.0292. The number of aliphatic hydroxyl groups excluding tert-OH is 1. The maximum absolute atomic E-state index is 13.5. The molecule has 0 bridgehead atoms. The molecule has 1 amide bonds. The molecule has 0 unspecified atom stereocenters. The maximum Gasteiger partial charge on any atom is 0.257 e. The van der Waals surface area contributed by atoms with Crippen LogP contribution in [0.2, 0.25) is 0 Å². The molecule has 1 aliphatic rings. The average molecular weight is 320 g/mol. The Balaban J connectivity index is 2.09. The second kappa shape index (κ2) is 4.93.